The summed E-state index contributed by atoms with van der Waals surface area (Å²) in [6.07, 6.45) is 4.61. The fraction of sp³-hybridized carbons (Fsp3) is 0.538. The Balaban J connectivity index is 2.07. The molecule has 0 aromatic carbocycles. The van der Waals surface area contributed by atoms with E-state index >= 15 is 0 Å². The highest BCUT2D eigenvalue weighted by Crippen LogP contribution is 2.22. The third-order valence-corrected chi connectivity index (χ3v) is 3.25. The summed E-state index contributed by atoms with van der Waals surface area (Å²) in [5, 5.41) is 9.84. The summed E-state index contributed by atoms with van der Waals surface area (Å²) in [4.78, 5) is 18.0. The number of carbonyl (C=O) groups excluding carboxylic acids is 1. The molecule has 0 aliphatic carbocycles. The zero-order valence-electron chi connectivity index (χ0n) is 10.3. The van der Waals surface area contributed by atoms with E-state index in [1.54, 1.807) is 17.3 Å². The molecule has 4 nitrogen and oxygen atoms in total. The second-order valence-corrected chi connectivity index (χ2v) is 5.04. The van der Waals surface area contributed by atoms with E-state index in [1.165, 1.54) is 0 Å². The number of amides is 1. The molecule has 0 radical (unpaired) electrons. The average molecular weight is 234 g/mol. The number of aromatic nitrogens is 1. The van der Waals surface area contributed by atoms with Crippen molar-refractivity contribution in [3.05, 3.63) is 29.6 Å². The average Bonchev–Trinajstić information content (AvgIpc) is 2.28. The van der Waals surface area contributed by atoms with Crippen molar-refractivity contribution in [3.63, 3.8) is 0 Å². The smallest absolute Gasteiger partial charge is 0.255 e. The molecule has 1 amide bonds. The molecule has 0 atom stereocenters. The molecule has 0 spiro atoms. The van der Waals surface area contributed by atoms with E-state index in [-0.39, 0.29) is 5.91 Å². The lowest BCUT2D eigenvalue weighted by molar-refractivity contribution is -0.00203. The lowest BCUT2D eigenvalue weighted by Gasteiger charge is -2.35. The highest BCUT2D eigenvalue weighted by Gasteiger charge is 2.29. The Morgan fingerprint density at radius 1 is 1.41 bits per heavy atom. The van der Waals surface area contributed by atoms with Gasteiger partial charge in [-0.3, -0.25) is 9.78 Å². The SMILES string of the molecule is Cc1cncc(C(=O)N2CCC(C)(O)CC2)c1. The molecule has 92 valence electrons. The number of rotatable bonds is 1. The van der Waals surface area contributed by atoms with Crippen LogP contribution in [-0.4, -0.2) is 39.6 Å². The highest BCUT2D eigenvalue weighted by atomic mass is 16.3. The Hall–Kier alpha value is -1.42. The summed E-state index contributed by atoms with van der Waals surface area (Å²) in [6.45, 7) is 4.97. The molecule has 1 aromatic heterocycles. The van der Waals surface area contributed by atoms with Gasteiger partial charge in [0.2, 0.25) is 0 Å². The number of likely N-dealkylation sites (tertiary alicyclic amines) is 1. The van der Waals surface area contributed by atoms with Crippen molar-refractivity contribution in [2.24, 2.45) is 0 Å². The van der Waals surface area contributed by atoms with Crippen LogP contribution in [-0.2, 0) is 0 Å². The van der Waals surface area contributed by atoms with E-state index in [9.17, 15) is 9.90 Å². The van der Waals surface area contributed by atoms with E-state index < -0.39 is 5.60 Å². The Morgan fingerprint density at radius 3 is 2.65 bits per heavy atom. The van der Waals surface area contributed by atoms with Gasteiger partial charge in [-0.25, -0.2) is 0 Å². The number of carbonyl (C=O) groups is 1. The first-order valence-electron chi connectivity index (χ1n) is 5.91. The van der Waals surface area contributed by atoms with Crippen LogP contribution in [0.2, 0.25) is 0 Å². The van der Waals surface area contributed by atoms with Crippen LogP contribution in [0.5, 0.6) is 0 Å². The van der Waals surface area contributed by atoms with Gasteiger partial charge in [-0.2, -0.15) is 0 Å². The van der Waals surface area contributed by atoms with Crippen LogP contribution in [0.1, 0.15) is 35.7 Å². The van der Waals surface area contributed by atoms with Crippen LogP contribution in [0.3, 0.4) is 0 Å². The van der Waals surface area contributed by atoms with E-state index in [0.29, 0.717) is 31.5 Å². The molecule has 2 heterocycles. The highest BCUT2D eigenvalue weighted by molar-refractivity contribution is 5.94. The Kier molecular flexibility index (Phi) is 3.15. The summed E-state index contributed by atoms with van der Waals surface area (Å²) in [6, 6.07) is 1.85. The van der Waals surface area contributed by atoms with Crippen LogP contribution < -0.4 is 0 Å². The van der Waals surface area contributed by atoms with Crippen molar-refractivity contribution >= 4 is 5.91 Å². The number of hydrogen-bond acceptors (Lipinski definition) is 3. The number of aryl methyl sites for hydroxylation is 1. The van der Waals surface area contributed by atoms with Gasteiger partial charge in [-0.05, 0) is 38.3 Å². The summed E-state index contributed by atoms with van der Waals surface area (Å²) >= 11 is 0. The molecule has 1 aliphatic rings. The molecule has 2 rings (SSSR count). The van der Waals surface area contributed by atoms with Gasteiger partial charge in [0, 0.05) is 25.5 Å². The monoisotopic (exact) mass is 234 g/mol. The Morgan fingerprint density at radius 2 is 2.06 bits per heavy atom. The van der Waals surface area contributed by atoms with Crippen molar-refractivity contribution < 1.29 is 9.90 Å². The molecule has 0 unspecified atom stereocenters. The summed E-state index contributed by atoms with van der Waals surface area (Å²) in [7, 11) is 0. The summed E-state index contributed by atoms with van der Waals surface area (Å²) < 4.78 is 0. The lowest BCUT2D eigenvalue weighted by Crippen LogP contribution is -2.45. The maximum atomic E-state index is 12.2. The van der Waals surface area contributed by atoms with Crippen molar-refractivity contribution in [3.8, 4) is 0 Å². The normalized spacial score (nSPS) is 19.1. The second-order valence-electron chi connectivity index (χ2n) is 5.04. The van der Waals surface area contributed by atoms with Crippen LogP contribution in [0, 0.1) is 6.92 Å². The van der Waals surface area contributed by atoms with Crippen LogP contribution in [0.15, 0.2) is 18.5 Å². The molecular formula is C13H18N2O2. The third kappa shape index (κ3) is 2.82. The van der Waals surface area contributed by atoms with Crippen LogP contribution in [0.4, 0.5) is 0 Å². The van der Waals surface area contributed by atoms with Gasteiger partial charge in [-0.15, -0.1) is 0 Å². The minimum Gasteiger partial charge on any atom is -0.390 e. The maximum absolute atomic E-state index is 12.2. The number of aliphatic hydroxyl groups is 1. The number of piperidine rings is 1. The van der Waals surface area contributed by atoms with E-state index in [0.717, 1.165) is 5.56 Å². The van der Waals surface area contributed by atoms with Gasteiger partial charge < -0.3 is 10.0 Å². The fourth-order valence-corrected chi connectivity index (χ4v) is 2.05. The predicted octanol–water partition coefficient (Wildman–Crippen LogP) is 1.38. The predicted molar refractivity (Wildman–Crippen MR) is 64.7 cm³/mol. The van der Waals surface area contributed by atoms with Gasteiger partial charge >= 0.3 is 0 Å². The minimum atomic E-state index is -0.623. The molecule has 17 heavy (non-hydrogen) atoms. The van der Waals surface area contributed by atoms with Gasteiger partial charge in [0.05, 0.1) is 11.2 Å². The largest absolute Gasteiger partial charge is 0.390 e. The van der Waals surface area contributed by atoms with Crippen molar-refractivity contribution in [2.75, 3.05) is 13.1 Å². The third-order valence-electron chi connectivity index (χ3n) is 3.25. The minimum absolute atomic E-state index is 0.0108. The van der Waals surface area contributed by atoms with E-state index in [1.807, 2.05) is 19.9 Å². The van der Waals surface area contributed by atoms with Gasteiger partial charge in [0.1, 0.15) is 0 Å². The van der Waals surface area contributed by atoms with Crippen molar-refractivity contribution in [1.29, 1.82) is 0 Å². The first-order valence-corrected chi connectivity index (χ1v) is 5.91. The summed E-state index contributed by atoms with van der Waals surface area (Å²) in [5.41, 5.74) is 0.994. The van der Waals surface area contributed by atoms with Crippen molar-refractivity contribution in [2.45, 2.75) is 32.3 Å². The zero-order chi connectivity index (χ0) is 12.5. The quantitative estimate of drug-likeness (QED) is 0.798. The zero-order valence-corrected chi connectivity index (χ0v) is 10.3. The van der Waals surface area contributed by atoms with Gasteiger partial charge in [0.15, 0.2) is 0 Å². The second kappa shape index (κ2) is 4.45. The molecule has 1 N–H and O–H groups in total. The Bertz CT molecular complexity index is 419. The fourth-order valence-electron chi connectivity index (χ4n) is 2.05. The molecule has 1 aliphatic heterocycles. The first-order chi connectivity index (χ1) is 7.98. The lowest BCUT2D eigenvalue weighted by atomic mass is 9.93. The molecule has 1 saturated heterocycles. The molecule has 0 bridgehead atoms. The number of pyridine rings is 1. The van der Waals surface area contributed by atoms with E-state index in [2.05, 4.69) is 4.98 Å². The van der Waals surface area contributed by atoms with Gasteiger partial charge in [0.25, 0.3) is 5.91 Å². The van der Waals surface area contributed by atoms with Crippen LogP contribution in [0.25, 0.3) is 0 Å². The Labute approximate surface area is 101 Å². The standard InChI is InChI=1S/C13H18N2O2/c1-10-7-11(9-14-8-10)12(16)15-5-3-13(2,17)4-6-15/h7-9,17H,3-6H2,1-2H3. The molecule has 1 fully saturated rings. The molecule has 4 heteroatoms. The maximum Gasteiger partial charge on any atom is 0.255 e. The summed E-state index contributed by atoms with van der Waals surface area (Å²) in [5.74, 6) is 0.0108. The number of nitrogens with zero attached hydrogens (tertiary/aromatic N) is 2. The molecule has 0 saturated carbocycles. The van der Waals surface area contributed by atoms with Crippen molar-refractivity contribution in [1.82, 2.24) is 9.88 Å². The van der Waals surface area contributed by atoms with Gasteiger partial charge in [-0.1, -0.05) is 0 Å². The van der Waals surface area contributed by atoms with E-state index in [4.69, 9.17) is 0 Å². The molecule has 1 aromatic rings. The van der Waals surface area contributed by atoms with Crippen LogP contribution >= 0.6 is 0 Å². The molecular weight excluding hydrogens is 216 g/mol. The topological polar surface area (TPSA) is 53.4 Å². The number of hydrogen-bond donors (Lipinski definition) is 1. The first kappa shape index (κ1) is 12.0.